The molecule has 0 aliphatic carbocycles. The molecule has 1 atom stereocenters. The summed E-state index contributed by atoms with van der Waals surface area (Å²) in [6.45, 7) is 0.522. The van der Waals surface area contributed by atoms with Crippen molar-refractivity contribution in [1.29, 1.82) is 0 Å². The molecule has 0 bridgehead atoms. The van der Waals surface area contributed by atoms with Crippen LogP contribution >= 0.6 is 23.4 Å². The third kappa shape index (κ3) is 4.30. The van der Waals surface area contributed by atoms with Gasteiger partial charge in [0.15, 0.2) is 6.61 Å². The van der Waals surface area contributed by atoms with Gasteiger partial charge in [-0.2, -0.15) is 11.8 Å². The van der Waals surface area contributed by atoms with Crippen LogP contribution in [-0.2, 0) is 9.53 Å². The summed E-state index contributed by atoms with van der Waals surface area (Å²) < 4.78 is 10.9. The summed E-state index contributed by atoms with van der Waals surface area (Å²) in [4.78, 5) is 11.8. The van der Waals surface area contributed by atoms with Crippen molar-refractivity contribution < 1.29 is 14.3 Å². The maximum atomic E-state index is 11.8. The van der Waals surface area contributed by atoms with Crippen LogP contribution in [0.5, 0.6) is 5.75 Å². The molecule has 1 amide bonds. The van der Waals surface area contributed by atoms with Crippen LogP contribution in [0.3, 0.4) is 0 Å². The highest BCUT2D eigenvalue weighted by molar-refractivity contribution is 7.99. The van der Waals surface area contributed by atoms with Crippen LogP contribution in [0.4, 0.5) is 0 Å². The molecule has 1 aromatic carbocycles. The second kappa shape index (κ2) is 7.20. The minimum Gasteiger partial charge on any atom is -0.484 e. The summed E-state index contributed by atoms with van der Waals surface area (Å²) in [7, 11) is 1.70. The molecule has 1 saturated heterocycles. The number of carbonyl (C=O) groups is 1. The summed E-state index contributed by atoms with van der Waals surface area (Å²) in [6.07, 6.45) is 0.965. The van der Waals surface area contributed by atoms with E-state index in [0.717, 1.165) is 17.9 Å². The fourth-order valence-corrected chi connectivity index (χ4v) is 3.47. The molecule has 0 unspecified atom stereocenters. The first kappa shape index (κ1) is 15.5. The number of amides is 1. The van der Waals surface area contributed by atoms with E-state index in [1.165, 1.54) is 0 Å². The molecule has 6 heteroatoms. The van der Waals surface area contributed by atoms with Crippen LogP contribution in [-0.4, -0.2) is 43.3 Å². The van der Waals surface area contributed by atoms with E-state index < -0.39 is 0 Å². The molecule has 0 saturated carbocycles. The number of thioether (sulfide) groups is 1. The van der Waals surface area contributed by atoms with Gasteiger partial charge in [0.1, 0.15) is 5.75 Å². The third-order valence-electron chi connectivity index (χ3n) is 3.29. The Balaban J connectivity index is 1.74. The highest BCUT2D eigenvalue weighted by Crippen LogP contribution is 2.30. The molecular weight excluding hydrogens is 298 g/mol. The SMILES string of the molecule is CO[C@@]1(CNC(=O)COc2ccc(Cl)cc2)CCSC1. The predicted molar refractivity (Wildman–Crippen MR) is 81.6 cm³/mol. The van der Waals surface area contributed by atoms with Gasteiger partial charge < -0.3 is 14.8 Å². The van der Waals surface area contributed by atoms with Gasteiger partial charge in [0, 0.05) is 24.4 Å². The van der Waals surface area contributed by atoms with Crippen molar-refractivity contribution in [2.75, 3.05) is 31.8 Å². The summed E-state index contributed by atoms with van der Waals surface area (Å²) in [5, 5.41) is 3.51. The predicted octanol–water partition coefficient (Wildman–Crippen LogP) is 2.36. The lowest BCUT2D eigenvalue weighted by atomic mass is 10.0. The zero-order valence-corrected chi connectivity index (χ0v) is 12.9. The minimum absolute atomic E-state index is 0.00539. The number of rotatable bonds is 6. The van der Waals surface area contributed by atoms with E-state index in [1.54, 1.807) is 31.4 Å². The Hall–Kier alpha value is -0.910. The number of hydrogen-bond acceptors (Lipinski definition) is 4. The molecule has 1 aromatic rings. The topological polar surface area (TPSA) is 47.6 Å². The monoisotopic (exact) mass is 315 g/mol. The van der Waals surface area contributed by atoms with Gasteiger partial charge >= 0.3 is 0 Å². The van der Waals surface area contributed by atoms with E-state index in [9.17, 15) is 4.79 Å². The molecule has 4 nitrogen and oxygen atoms in total. The Morgan fingerprint density at radius 2 is 2.20 bits per heavy atom. The summed E-state index contributed by atoms with van der Waals surface area (Å²) in [6, 6.07) is 6.93. The number of benzene rings is 1. The van der Waals surface area contributed by atoms with Gasteiger partial charge in [-0.25, -0.2) is 0 Å². The Bertz CT molecular complexity index is 446. The minimum atomic E-state index is -0.222. The van der Waals surface area contributed by atoms with Gasteiger partial charge in [-0.15, -0.1) is 0 Å². The number of nitrogens with one attached hydrogen (secondary N) is 1. The van der Waals surface area contributed by atoms with Gasteiger partial charge in [-0.05, 0) is 36.4 Å². The lowest BCUT2D eigenvalue weighted by molar-refractivity contribution is -0.124. The van der Waals surface area contributed by atoms with E-state index in [-0.39, 0.29) is 18.1 Å². The maximum Gasteiger partial charge on any atom is 0.258 e. The Labute approximate surface area is 128 Å². The second-order valence-corrected chi connectivity index (χ2v) is 6.25. The Kier molecular flexibility index (Phi) is 5.57. The average molecular weight is 316 g/mol. The van der Waals surface area contributed by atoms with Gasteiger partial charge in [-0.3, -0.25) is 4.79 Å². The normalized spacial score (nSPS) is 21.7. The number of carbonyl (C=O) groups excluding carboxylic acids is 1. The largest absolute Gasteiger partial charge is 0.484 e. The van der Waals surface area contributed by atoms with Crippen LogP contribution in [0.1, 0.15) is 6.42 Å². The van der Waals surface area contributed by atoms with Gasteiger partial charge in [0.05, 0.1) is 5.60 Å². The Morgan fingerprint density at radius 3 is 2.80 bits per heavy atom. The van der Waals surface area contributed by atoms with E-state index in [0.29, 0.717) is 17.3 Å². The molecule has 0 spiro atoms. The van der Waals surface area contributed by atoms with Gasteiger partial charge in [0.25, 0.3) is 5.91 Å². The highest BCUT2D eigenvalue weighted by Gasteiger charge is 2.34. The molecule has 1 fully saturated rings. The van der Waals surface area contributed by atoms with Crippen molar-refractivity contribution in [3.63, 3.8) is 0 Å². The van der Waals surface area contributed by atoms with Crippen molar-refractivity contribution in [2.45, 2.75) is 12.0 Å². The van der Waals surface area contributed by atoms with Crippen LogP contribution in [0.2, 0.25) is 5.02 Å². The average Bonchev–Trinajstić information content (AvgIpc) is 2.94. The van der Waals surface area contributed by atoms with Crippen molar-refractivity contribution in [3.8, 4) is 5.75 Å². The number of halogens is 1. The zero-order chi connectivity index (χ0) is 14.4. The summed E-state index contributed by atoms with van der Waals surface area (Å²) in [5.41, 5.74) is -0.222. The first-order valence-corrected chi connectivity index (χ1v) is 7.95. The smallest absolute Gasteiger partial charge is 0.258 e. The quantitative estimate of drug-likeness (QED) is 0.875. The molecule has 20 heavy (non-hydrogen) atoms. The molecule has 1 aliphatic heterocycles. The molecule has 0 radical (unpaired) electrons. The lowest BCUT2D eigenvalue weighted by Gasteiger charge is -2.26. The third-order valence-corrected chi connectivity index (χ3v) is 4.77. The maximum absolute atomic E-state index is 11.8. The molecule has 1 heterocycles. The zero-order valence-electron chi connectivity index (χ0n) is 11.4. The Morgan fingerprint density at radius 1 is 1.45 bits per heavy atom. The molecule has 110 valence electrons. The molecule has 0 aromatic heterocycles. The molecular formula is C14H18ClNO3S. The van der Waals surface area contributed by atoms with Crippen LogP contribution < -0.4 is 10.1 Å². The van der Waals surface area contributed by atoms with E-state index in [2.05, 4.69) is 5.32 Å². The first-order valence-electron chi connectivity index (χ1n) is 6.41. The van der Waals surface area contributed by atoms with E-state index in [1.807, 2.05) is 11.8 Å². The van der Waals surface area contributed by atoms with Crippen molar-refractivity contribution in [2.24, 2.45) is 0 Å². The van der Waals surface area contributed by atoms with Gasteiger partial charge in [-0.1, -0.05) is 11.6 Å². The number of ether oxygens (including phenoxy) is 2. The summed E-state index contributed by atoms with van der Waals surface area (Å²) in [5.74, 6) is 2.47. The van der Waals surface area contributed by atoms with E-state index in [4.69, 9.17) is 21.1 Å². The highest BCUT2D eigenvalue weighted by atomic mass is 35.5. The second-order valence-electron chi connectivity index (χ2n) is 4.71. The van der Waals surface area contributed by atoms with Crippen molar-refractivity contribution in [1.82, 2.24) is 5.32 Å². The number of hydrogen-bond donors (Lipinski definition) is 1. The molecule has 2 rings (SSSR count). The first-order chi connectivity index (χ1) is 9.63. The molecule has 1 aliphatic rings. The standard InChI is InChI=1S/C14H18ClNO3S/c1-18-14(6-7-20-10-14)9-16-13(17)8-19-12-4-2-11(15)3-5-12/h2-5H,6-10H2,1H3,(H,16,17)/t14-/m1/s1. The lowest BCUT2D eigenvalue weighted by Crippen LogP contribution is -2.45. The number of methoxy groups -OCH3 is 1. The van der Waals surface area contributed by atoms with Crippen molar-refractivity contribution >= 4 is 29.3 Å². The van der Waals surface area contributed by atoms with Crippen LogP contribution in [0.15, 0.2) is 24.3 Å². The van der Waals surface area contributed by atoms with Gasteiger partial charge in [0.2, 0.25) is 0 Å². The van der Waals surface area contributed by atoms with Crippen molar-refractivity contribution in [3.05, 3.63) is 29.3 Å². The van der Waals surface area contributed by atoms with E-state index >= 15 is 0 Å². The fraction of sp³-hybridized carbons (Fsp3) is 0.500. The summed E-state index contributed by atoms with van der Waals surface area (Å²) >= 11 is 7.63. The van der Waals surface area contributed by atoms with Crippen LogP contribution in [0.25, 0.3) is 0 Å². The molecule has 1 N–H and O–H groups in total. The van der Waals surface area contributed by atoms with Crippen LogP contribution in [0, 0.1) is 0 Å². The fourth-order valence-electron chi connectivity index (χ4n) is 1.95.